The molecule has 2 heterocycles. The Kier molecular flexibility index (Phi) is 3.73. The molecule has 0 unspecified atom stereocenters. The maximum atomic E-state index is 11.3. The van der Waals surface area contributed by atoms with Crippen molar-refractivity contribution >= 4 is 29.0 Å². The molecule has 0 bridgehead atoms. The molecule has 0 radical (unpaired) electrons. The van der Waals surface area contributed by atoms with E-state index in [9.17, 15) is 10.1 Å². The lowest BCUT2D eigenvalue weighted by Gasteiger charge is -2.17. The summed E-state index contributed by atoms with van der Waals surface area (Å²) in [5.41, 5.74) is 6.19. The average Bonchev–Trinajstić information content (AvgIpc) is 3.01. The maximum Gasteiger partial charge on any atom is 0.353 e. The summed E-state index contributed by atoms with van der Waals surface area (Å²) in [6, 6.07) is 9.14. The van der Waals surface area contributed by atoms with Gasteiger partial charge < -0.3 is 16.0 Å². The van der Waals surface area contributed by atoms with Crippen molar-refractivity contribution in [2.45, 2.75) is 12.8 Å². The molecule has 22 heavy (non-hydrogen) atoms. The molecule has 0 saturated carbocycles. The lowest BCUT2D eigenvalue weighted by molar-refractivity contribution is -0.383. The van der Waals surface area contributed by atoms with E-state index in [0.29, 0.717) is 11.6 Å². The minimum absolute atomic E-state index is 0.116. The molecule has 114 valence electrons. The van der Waals surface area contributed by atoms with E-state index in [4.69, 9.17) is 5.73 Å². The number of hydrogen-bond acceptors (Lipinski definition) is 7. The van der Waals surface area contributed by atoms with Crippen LogP contribution in [0.4, 0.5) is 29.0 Å². The van der Waals surface area contributed by atoms with Gasteiger partial charge in [0.05, 0.1) is 4.92 Å². The molecule has 1 saturated heterocycles. The molecule has 1 aliphatic heterocycles. The summed E-state index contributed by atoms with van der Waals surface area (Å²) in [4.78, 5) is 21.1. The molecule has 0 spiro atoms. The standard InChI is InChI=1S/C14H16N6O2/c15-12-11(20(21)22)13(16-10-6-2-1-3-7-10)18-14(17-12)19-8-4-5-9-19/h1-3,6-7H,4-5,8-9H2,(H3,15,16,17,18). The smallest absolute Gasteiger partial charge is 0.353 e. The lowest BCUT2D eigenvalue weighted by atomic mass is 10.3. The van der Waals surface area contributed by atoms with E-state index >= 15 is 0 Å². The highest BCUT2D eigenvalue weighted by molar-refractivity contribution is 5.74. The molecular formula is C14H16N6O2. The van der Waals surface area contributed by atoms with Crippen LogP contribution in [0, 0.1) is 10.1 Å². The van der Waals surface area contributed by atoms with Crippen LogP contribution >= 0.6 is 0 Å². The van der Waals surface area contributed by atoms with Gasteiger partial charge in [-0.05, 0) is 25.0 Å². The van der Waals surface area contributed by atoms with Gasteiger partial charge in [-0.1, -0.05) is 18.2 Å². The van der Waals surface area contributed by atoms with Crippen LogP contribution in [0.3, 0.4) is 0 Å². The first-order chi connectivity index (χ1) is 10.6. The number of para-hydroxylation sites is 1. The van der Waals surface area contributed by atoms with Crippen LogP contribution in [0.2, 0.25) is 0 Å². The number of rotatable bonds is 4. The van der Waals surface area contributed by atoms with E-state index in [1.54, 1.807) is 12.1 Å². The van der Waals surface area contributed by atoms with Crippen molar-refractivity contribution in [2.24, 2.45) is 0 Å². The number of nitro groups is 1. The van der Waals surface area contributed by atoms with Gasteiger partial charge in [-0.15, -0.1) is 0 Å². The molecule has 3 N–H and O–H groups in total. The average molecular weight is 300 g/mol. The molecule has 1 fully saturated rings. The molecule has 1 aromatic heterocycles. The van der Waals surface area contributed by atoms with Crippen molar-refractivity contribution in [1.29, 1.82) is 0 Å². The normalized spacial score (nSPS) is 14.1. The maximum absolute atomic E-state index is 11.3. The fourth-order valence-electron chi connectivity index (χ4n) is 2.44. The van der Waals surface area contributed by atoms with Crippen molar-refractivity contribution in [3.8, 4) is 0 Å². The number of nitrogens with two attached hydrogens (primary N) is 1. The van der Waals surface area contributed by atoms with Crippen LogP contribution < -0.4 is 16.0 Å². The third kappa shape index (κ3) is 2.76. The topological polar surface area (TPSA) is 110 Å². The zero-order valence-electron chi connectivity index (χ0n) is 11.9. The Bertz CT molecular complexity index is 685. The Hall–Kier alpha value is -2.90. The third-order valence-electron chi connectivity index (χ3n) is 3.51. The second-order valence-corrected chi connectivity index (χ2v) is 5.05. The number of hydrogen-bond donors (Lipinski definition) is 2. The molecule has 1 aromatic carbocycles. The van der Waals surface area contributed by atoms with Crippen molar-refractivity contribution in [3.05, 3.63) is 40.4 Å². The number of anilines is 4. The Morgan fingerprint density at radius 2 is 1.86 bits per heavy atom. The zero-order valence-corrected chi connectivity index (χ0v) is 11.9. The van der Waals surface area contributed by atoms with E-state index in [-0.39, 0.29) is 17.3 Å². The van der Waals surface area contributed by atoms with E-state index < -0.39 is 4.92 Å². The van der Waals surface area contributed by atoms with Crippen molar-refractivity contribution in [1.82, 2.24) is 9.97 Å². The molecule has 1 aliphatic rings. The van der Waals surface area contributed by atoms with Crippen LogP contribution in [0.5, 0.6) is 0 Å². The second kappa shape index (κ2) is 5.84. The van der Waals surface area contributed by atoms with E-state index in [0.717, 1.165) is 25.9 Å². The van der Waals surface area contributed by atoms with Crippen LogP contribution in [-0.4, -0.2) is 28.0 Å². The fraction of sp³-hybridized carbons (Fsp3) is 0.286. The lowest BCUT2D eigenvalue weighted by Crippen LogP contribution is -2.22. The second-order valence-electron chi connectivity index (χ2n) is 5.05. The minimum Gasteiger partial charge on any atom is -0.378 e. The highest BCUT2D eigenvalue weighted by atomic mass is 16.6. The molecule has 8 heteroatoms. The van der Waals surface area contributed by atoms with Gasteiger partial charge >= 0.3 is 5.69 Å². The summed E-state index contributed by atoms with van der Waals surface area (Å²) in [7, 11) is 0. The van der Waals surface area contributed by atoms with Crippen LogP contribution in [0.25, 0.3) is 0 Å². The number of benzene rings is 1. The first-order valence-corrected chi connectivity index (χ1v) is 7.04. The summed E-state index contributed by atoms with van der Waals surface area (Å²) < 4.78 is 0. The van der Waals surface area contributed by atoms with Gasteiger partial charge in [0.2, 0.25) is 17.6 Å². The van der Waals surface area contributed by atoms with Crippen LogP contribution in [0.1, 0.15) is 12.8 Å². The van der Waals surface area contributed by atoms with Gasteiger partial charge in [-0.3, -0.25) is 10.1 Å². The van der Waals surface area contributed by atoms with Crippen molar-refractivity contribution in [2.75, 3.05) is 29.0 Å². The Morgan fingerprint density at radius 3 is 2.50 bits per heavy atom. The number of nitrogens with zero attached hydrogens (tertiary/aromatic N) is 4. The molecule has 2 aromatic rings. The molecule has 3 rings (SSSR count). The molecule has 8 nitrogen and oxygen atoms in total. The highest BCUT2D eigenvalue weighted by Crippen LogP contribution is 2.32. The van der Waals surface area contributed by atoms with Gasteiger partial charge in [0.15, 0.2) is 0 Å². The van der Waals surface area contributed by atoms with Gasteiger partial charge in [-0.25, -0.2) is 0 Å². The Labute approximate surface area is 127 Å². The predicted molar refractivity (Wildman–Crippen MR) is 84.3 cm³/mol. The highest BCUT2D eigenvalue weighted by Gasteiger charge is 2.26. The van der Waals surface area contributed by atoms with E-state index in [1.807, 2.05) is 23.1 Å². The van der Waals surface area contributed by atoms with E-state index in [2.05, 4.69) is 15.3 Å². The van der Waals surface area contributed by atoms with E-state index in [1.165, 1.54) is 0 Å². The Balaban J connectivity index is 2.02. The van der Waals surface area contributed by atoms with Gasteiger partial charge in [0.25, 0.3) is 0 Å². The van der Waals surface area contributed by atoms with Gasteiger partial charge in [0.1, 0.15) is 0 Å². The van der Waals surface area contributed by atoms with Crippen LogP contribution in [-0.2, 0) is 0 Å². The fourth-order valence-corrected chi connectivity index (χ4v) is 2.44. The summed E-state index contributed by atoms with van der Waals surface area (Å²) in [5.74, 6) is 0.421. The minimum atomic E-state index is -0.561. The quantitative estimate of drug-likeness (QED) is 0.658. The monoisotopic (exact) mass is 300 g/mol. The first kappa shape index (κ1) is 14.1. The third-order valence-corrected chi connectivity index (χ3v) is 3.51. The van der Waals surface area contributed by atoms with Gasteiger partial charge in [-0.2, -0.15) is 9.97 Å². The summed E-state index contributed by atoms with van der Waals surface area (Å²) in [6.45, 7) is 1.67. The van der Waals surface area contributed by atoms with Crippen LogP contribution in [0.15, 0.2) is 30.3 Å². The molecular weight excluding hydrogens is 284 g/mol. The number of nitrogens with one attached hydrogen (secondary N) is 1. The molecule has 0 atom stereocenters. The largest absolute Gasteiger partial charge is 0.378 e. The first-order valence-electron chi connectivity index (χ1n) is 7.04. The summed E-state index contributed by atoms with van der Waals surface area (Å²) >= 11 is 0. The zero-order chi connectivity index (χ0) is 15.5. The predicted octanol–water partition coefficient (Wildman–Crippen LogP) is 2.31. The molecule has 0 amide bonds. The summed E-state index contributed by atoms with van der Waals surface area (Å²) in [6.07, 6.45) is 2.11. The SMILES string of the molecule is Nc1nc(N2CCCC2)nc(Nc2ccccc2)c1[N+](=O)[O-]. The van der Waals surface area contributed by atoms with Crippen molar-refractivity contribution < 1.29 is 4.92 Å². The van der Waals surface area contributed by atoms with Gasteiger partial charge in [0, 0.05) is 18.8 Å². The Morgan fingerprint density at radius 1 is 1.18 bits per heavy atom. The number of nitrogen functional groups attached to an aromatic ring is 1. The number of aromatic nitrogens is 2. The summed E-state index contributed by atoms with van der Waals surface area (Å²) in [5, 5.41) is 14.2. The van der Waals surface area contributed by atoms with Crippen molar-refractivity contribution in [3.63, 3.8) is 0 Å². The molecule has 0 aliphatic carbocycles.